The molecule has 0 saturated heterocycles. The second-order valence-corrected chi connectivity index (χ2v) is 5.32. The lowest BCUT2D eigenvalue weighted by molar-refractivity contribution is -0.123. The smallest absolute Gasteiger partial charge is 0.405 e. The van der Waals surface area contributed by atoms with Crippen LogP contribution in [0.2, 0.25) is 0 Å². The molecule has 1 aliphatic rings. The molecule has 0 aliphatic carbocycles. The van der Waals surface area contributed by atoms with Gasteiger partial charge in [-0.15, -0.1) is 0 Å². The van der Waals surface area contributed by atoms with Crippen LogP contribution in [-0.2, 0) is 16.1 Å². The zero-order valence-corrected chi connectivity index (χ0v) is 12.7. The molecule has 0 saturated carbocycles. The van der Waals surface area contributed by atoms with Crippen LogP contribution in [0.15, 0.2) is 36.4 Å². The Kier molecular flexibility index (Phi) is 5.35. The summed E-state index contributed by atoms with van der Waals surface area (Å²) in [4.78, 5) is 35.1. The fourth-order valence-corrected chi connectivity index (χ4v) is 2.24. The molecule has 0 aromatic heterocycles. The van der Waals surface area contributed by atoms with Crippen LogP contribution >= 0.6 is 0 Å². The van der Waals surface area contributed by atoms with Gasteiger partial charge in [-0.1, -0.05) is 37.3 Å². The summed E-state index contributed by atoms with van der Waals surface area (Å²) in [6.45, 7) is 1.94. The number of hydrogen-bond acceptors (Lipinski definition) is 3. The van der Waals surface area contributed by atoms with Gasteiger partial charge in [-0.05, 0) is 18.1 Å². The summed E-state index contributed by atoms with van der Waals surface area (Å²) in [7, 11) is 0. The quantitative estimate of drug-likeness (QED) is 0.588. The van der Waals surface area contributed by atoms with E-state index in [0.717, 1.165) is 5.56 Å². The normalized spacial score (nSPS) is 22.0. The maximum Gasteiger partial charge on any atom is 0.405 e. The zero-order valence-electron chi connectivity index (χ0n) is 12.7. The number of amides is 3. The summed E-state index contributed by atoms with van der Waals surface area (Å²) in [6.07, 6.45) is 2.20. The number of anilines is 1. The highest BCUT2D eigenvalue weighted by atomic mass is 16.4. The Morgan fingerprint density at radius 3 is 2.74 bits per heavy atom. The van der Waals surface area contributed by atoms with E-state index >= 15 is 0 Å². The highest BCUT2D eigenvalue weighted by Crippen LogP contribution is 2.17. The predicted octanol–water partition coefficient (Wildman–Crippen LogP) is 1.47. The average molecular weight is 317 g/mol. The second kappa shape index (κ2) is 7.44. The van der Waals surface area contributed by atoms with E-state index in [4.69, 9.17) is 5.11 Å². The lowest BCUT2D eigenvalue weighted by Gasteiger charge is -2.18. The number of para-hydroxylation sites is 1. The standard InChI is InChI=1S/C16H19N3O4/c1-10-5-4-8-13(19-16(22)23)15(21)17-9-11-6-2-3-7-12(11)18-14(10)20/h2-7,10,13,19H,8-9H2,1H3,(H,17,21)(H,18,20)(H,22,23)/t10-,13+/m1/s1. The number of fused-ring (bicyclic) bond motifs is 1. The highest BCUT2D eigenvalue weighted by molar-refractivity contribution is 5.94. The summed E-state index contributed by atoms with van der Waals surface area (Å²) >= 11 is 0. The van der Waals surface area contributed by atoms with E-state index in [-0.39, 0.29) is 18.9 Å². The topological polar surface area (TPSA) is 108 Å². The lowest BCUT2D eigenvalue weighted by Crippen LogP contribution is -2.46. The third-order valence-corrected chi connectivity index (χ3v) is 3.55. The van der Waals surface area contributed by atoms with E-state index in [1.807, 2.05) is 0 Å². The first-order valence-corrected chi connectivity index (χ1v) is 7.30. The van der Waals surface area contributed by atoms with Gasteiger partial charge < -0.3 is 21.1 Å². The minimum Gasteiger partial charge on any atom is -0.465 e. The van der Waals surface area contributed by atoms with Crippen LogP contribution in [0.3, 0.4) is 0 Å². The van der Waals surface area contributed by atoms with Gasteiger partial charge >= 0.3 is 6.09 Å². The Morgan fingerprint density at radius 2 is 2.00 bits per heavy atom. The average Bonchev–Trinajstić information content (AvgIpc) is 2.51. The molecule has 4 N–H and O–H groups in total. The van der Waals surface area contributed by atoms with Crippen LogP contribution in [0.1, 0.15) is 18.9 Å². The van der Waals surface area contributed by atoms with Crippen LogP contribution < -0.4 is 16.0 Å². The fourth-order valence-electron chi connectivity index (χ4n) is 2.24. The Morgan fingerprint density at radius 1 is 1.26 bits per heavy atom. The molecule has 1 aromatic carbocycles. The second-order valence-electron chi connectivity index (χ2n) is 5.32. The number of carbonyl (C=O) groups excluding carboxylic acids is 2. The highest BCUT2D eigenvalue weighted by Gasteiger charge is 2.21. The molecular weight excluding hydrogens is 298 g/mol. The van der Waals surface area contributed by atoms with Gasteiger partial charge in [0.25, 0.3) is 0 Å². The van der Waals surface area contributed by atoms with Crippen LogP contribution in [0, 0.1) is 5.92 Å². The monoisotopic (exact) mass is 317 g/mol. The van der Waals surface area contributed by atoms with Gasteiger partial charge in [0.1, 0.15) is 6.04 Å². The molecule has 3 amide bonds. The molecule has 0 spiro atoms. The Bertz CT molecular complexity index is 642. The van der Waals surface area contributed by atoms with E-state index in [9.17, 15) is 14.4 Å². The summed E-state index contributed by atoms with van der Waals surface area (Å²) in [6, 6.07) is 6.25. The minimum atomic E-state index is -1.27. The van der Waals surface area contributed by atoms with Gasteiger partial charge in [-0.3, -0.25) is 9.59 Å². The van der Waals surface area contributed by atoms with Crippen molar-refractivity contribution >= 4 is 23.6 Å². The van der Waals surface area contributed by atoms with Crippen molar-refractivity contribution in [3.63, 3.8) is 0 Å². The largest absolute Gasteiger partial charge is 0.465 e. The van der Waals surface area contributed by atoms with Crippen molar-refractivity contribution in [2.45, 2.75) is 25.9 Å². The van der Waals surface area contributed by atoms with E-state index in [2.05, 4.69) is 16.0 Å². The number of nitrogens with one attached hydrogen (secondary N) is 3. The van der Waals surface area contributed by atoms with Crippen molar-refractivity contribution in [3.8, 4) is 0 Å². The molecular formula is C16H19N3O4. The number of rotatable bonds is 1. The van der Waals surface area contributed by atoms with Crippen LogP contribution in [0.5, 0.6) is 0 Å². The van der Waals surface area contributed by atoms with Gasteiger partial charge in [-0.25, -0.2) is 4.79 Å². The molecule has 7 heteroatoms. The molecule has 0 unspecified atom stereocenters. The lowest BCUT2D eigenvalue weighted by atomic mass is 10.1. The summed E-state index contributed by atoms with van der Waals surface area (Å²) in [5.41, 5.74) is 1.38. The maximum absolute atomic E-state index is 12.2. The van der Waals surface area contributed by atoms with E-state index in [1.165, 1.54) is 0 Å². The SMILES string of the molecule is C[C@@H]1C=CC[C@H](NC(=O)O)C(=O)NCc2ccccc2NC1=O. The van der Waals surface area contributed by atoms with Gasteiger partial charge in [-0.2, -0.15) is 0 Å². The van der Waals surface area contributed by atoms with Crippen molar-refractivity contribution in [2.75, 3.05) is 5.32 Å². The Balaban J connectivity index is 2.28. The molecule has 1 heterocycles. The van der Waals surface area contributed by atoms with Crippen LogP contribution in [0.4, 0.5) is 10.5 Å². The fraction of sp³-hybridized carbons (Fsp3) is 0.312. The molecule has 122 valence electrons. The first kappa shape index (κ1) is 16.5. The molecule has 2 atom stereocenters. The van der Waals surface area contributed by atoms with Crippen molar-refractivity contribution in [2.24, 2.45) is 5.92 Å². The number of benzene rings is 1. The number of carbonyl (C=O) groups is 3. The van der Waals surface area contributed by atoms with Crippen molar-refractivity contribution in [3.05, 3.63) is 42.0 Å². The molecule has 1 aromatic rings. The molecule has 0 radical (unpaired) electrons. The number of carboxylic acid groups (broad SMARTS) is 1. The first-order chi connectivity index (χ1) is 11.0. The third-order valence-electron chi connectivity index (χ3n) is 3.55. The third kappa shape index (κ3) is 4.57. The van der Waals surface area contributed by atoms with Crippen molar-refractivity contribution in [1.82, 2.24) is 10.6 Å². The Labute approximate surface area is 133 Å². The van der Waals surface area contributed by atoms with Crippen molar-refractivity contribution < 1.29 is 19.5 Å². The summed E-state index contributed by atoms with van der Waals surface area (Å²) < 4.78 is 0. The molecule has 7 nitrogen and oxygen atoms in total. The molecule has 1 aliphatic heterocycles. The van der Waals surface area contributed by atoms with Crippen LogP contribution in [0.25, 0.3) is 0 Å². The molecule has 2 rings (SSSR count). The first-order valence-electron chi connectivity index (χ1n) is 7.30. The van der Waals surface area contributed by atoms with Crippen molar-refractivity contribution in [1.29, 1.82) is 0 Å². The van der Waals surface area contributed by atoms with Gasteiger partial charge in [0.15, 0.2) is 0 Å². The van der Waals surface area contributed by atoms with E-state index in [0.29, 0.717) is 5.69 Å². The molecule has 23 heavy (non-hydrogen) atoms. The molecule has 0 bridgehead atoms. The summed E-state index contributed by atoms with van der Waals surface area (Å²) in [5, 5.41) is 16.6. The number of hydrogen-bond donors (Lipinski definition) is 4. The summed E-state index contributed by atoms with van der Waals surface area (Å²) in [5.74, 6) is -0.967. The van der Waals surface area contributed by atoms with Gasteiger partial charge in [0.05, 0.1) is 5.92 Å². The van der Waals surface area contributed by atoms with Gasteiger partial charge in [0, 0.05) is 12.2 Å². The van der Waals surface area contributed by atoms with Crippen LogP contribution in [-0.4, -0.2) is 29.1 Å². The maximum atomic E-state index is 12.2. The zero-order chi connectivity index (χ0) is 16.8. The predicted molar refractivity (Wildman–Crippen MR) is 84.8 cm³/mol. The minimum absolute atomic E-state index is 0.164. The van der Waals surface area contributed by atoms with Gasteiger partial charge in [0.2, 0.25) is 11.8 Å². The Hall–Kier alpha value is -2.83. The van der Waals surface area contributed by atoms with E-state index < -0.39 is 24.0 Å². The van der Waals surface area contributed by atoms with E-state index in [1.54, 1.807) is 43.3 Å². The molecule has 0 fully saturated rings.